The molecule has 0 unspecified atom stereocenters. The zero-order valence-electron chi connectivity index (χ0n) is 25.2. The van der Waals surface area contributed by atoms with E-state index in [9.17, 15) is 16.8 Å². The van der Waals surface area contributed by atoms with Crippen LogP contribution >= 0.6 is 0 Å². The van der Waals surface area contributed by atoms with Crippen LogP contribution < -0.4 is 13.6 Å². The largest absolute Gasteiger partial charge is 0.494 e. The molecule has 0 radical (unpaired) electrons. The highest BCUT2D eigenvalue weighted by atomic mass is 32.3. The first kappa shape index (κ1) is 36.5. The lowest BCUT2D eigenvalue weighted by Gasteiger charge is -2.10. The Balaban J connectivity index is 1.81. The van der Waals surface area contributed by atoms with Crippen LogP contribution in [0.15, 0.2) is 58.3 Å². The van der Waals surface area contributed by atoms with Gasteiger partial charge in [0.25, 0.3) is 20.0 Å². The van der Waals surface area contributed by atoms with E-state index in [1.165, 1.54) is 99.9 Å². The third kappa shape index (κ3) is 15.5. The summed E-state index contributed by atoms with van der Waals surface area (Å²) in [6.45, 7) is 2.75. The molecule has 2 aromatic carbocycles. The van der Waals surface area contributed by atoms with Gasteiger partial charge in [-0.05, 0) is 84.6 Å². The molecule has 1 N–H and O–H groups in total. The van der Waals surface area contributed by atoms with Crippen molar-refractivity contribution in [1.82, 2.24) is 4.13 Å². The van der Waals surface area contributed by atoms with Crippen molar-refractivity contribution in [2.24, 2.45) is 0 Å². The summed E-state index contributed by atoms with van der Waals surface area (Å²) in [7, 11) is -8.77. The molecule has 7 nitrogen and oxygen atoms in total. The Labute approximate surface area is 269 Å². The average Bonchev–Trinajstić information content (AvgIpc) is 3.02. The first-order valence-corrected chi connectivity index (χ1v) is 17.5. The summed E-state index contributed by atoms with van der Waals surface area (Å²) in [6, 6.07) is 10.7. The third-order valence-electron chi connectivity index (χ3n) is 6.05. The topological polar surface area (TPSA) is 98.8 Å². The lowest BCUT2D eigenvalue weighted by Crippen LogP contribution is -2.30. The van der Waals surface area contributed by atoms with Crippen LogP contribution in [0.1, 0.15) is 71.1 Å². The Hall–Kier alpha value is -4.74. The maximum Gasteiger partial charge on any atom is 0.253 e. The Morgan fingerprint density at radius 3 is 1.49 bits per heavy atom. The van der Waals surface area contributed by atoms with Gasteiger partial charge in [-0.15, -0.1) is 10.6 Å². The van der Waals surface area contributed by atoms with Gasteiger partial charge in [0.2, 0.25) is 0 Å². The maximum absolute atomic E-state index is 12.8. The zero-order chi connectivity index (χ0) is 32.6. The molecule has 0 aliphatic rings. The molecule has 0 saturated carbocycles. The Bertz CT molecular complexity index is 1810. The summed E-state index contributed by atoms with van der Waals surface area (Å²) < 4.78 is 63.7. The quantitative estimate of drug-likeness (QED) is 0.177. The molecule has 0 heterocycles. The number of nitrogens with one attached hydrogen (secondary N) is 1. The summed E-state index contributed by atoms with van der Waals surface area (Å²) in [5.74, 6) is 24.6. The monoisotopic (exact) mass is 641 g/mol. The van der Waals surface area contributed by atoms with Gasteiger partial charge in [0.1, 0.15) is 17.6 Å². The van der Waals surface area contributed by atoms with Gasteiger partial charge in [-0.1, -0.05) is 64.7 Å². The molecule has 2 aromatic rings. The van der Waals surface area contributed by atoms with E-state index < -0.39 is 20.0 Å². The number of terminal acetylenes is 1. The van der Waals surface area contributed by atoms with Gasteiger partial charge in [0.05, 0.1) is 16.4 Å². The van der Waals surface area contributed by atoms with Gasteiger partial charge in [0.15, 0.2) is 0 Å². The molecule has 232 valence electrons. The van der Waals surface area contributed by atoms with Crippen LogP contribution in [0, 0.1) is 71.7 Å². The Kier molecular flexibility index (Phi) is 17.0. The van der Waals surface area contributed by atoms with Crippen LogP contribution in [0.25, 0.3) is 0 Å². The molecule has 45 heavy (non-hydrogen) atoms. The molecule has 9 heteroatoms. The number of benzene rings is 2. The van der Waals surface area contributed by atoms with E-state index in [4.69, 9.17) is 15.9 Å². The second-order valence-electron chi connectivity index (χ2n) is 9.54. The molecule has 0 aliphatic heterocycles. The first-order valence-electron chi connectivity index (χ1n) is 14.5. The normalized spacial score (nSPS) is 9.96. The predicted octanol–water partition coefficient (Wildman–Crippen LogP) is 5.64. The average molecular weight is 642 g/mol. The second-order valence-corrected chi connectivity index (χ2v) is 13.2. The number of hydrogen-bond acceptors (Lipinski definition) is 6. The molecule has 0 aliphatic carbocycles. The van der Waals surface area contributed by atoms with Crippen molar-refractivity contribution >= 4 is 20.0 Å². The van der Waals surface area contributed by atoms with Crippen LogP contribution in [-0.4, -0.2) is 23.4 Å². The highest BCUT2D eigenvalue weighted by molar-refractivity contribution is 8.04. The molecule has 0 saturated heterocycles. The summed E-state index contributed by atoms with van der Waals surface area (Å²) in [5.41, 5.74) is 0. The minimum atomic E-state index is -4.40. The van der Waals surface area contributed by atoms with E-state index in [1.807, 2.05) is 0 Å². The van der Waals surface area contributed by atoms with Gasteiger partial charge in [-0.3, -0.25) is 0 Å². The third-order valence-corrected chi connectivity index (χ3v) is 9.59. The summed E-state index contributed by atoms with van der Waals surface area (Å²) in [6.07, 6.45) is 19.5. The Morgan fingerprint density at radius 2 is 1.00 bits per heavy atom. The van der Waals surface area contributed by atoms with E-state index in [0.717, 1.165) is 12.8 Å². The van der Waals surface area contributed by atoms with Crippen molar-refractivity contribution in [3.63, 3.8) is 0 Å². The second kappa shape index (κ2) is 21.0. The SMILES string of the molecule is C#CC#CC#CC#CC#CC#COc1ccc(S(=O)(=O)NS(=O)(=O)c2ccc(OCCCCCCCCCCCC)cc2)cc1. The number of sulfonamides is 2. The fourth-order valence-corrected chi connectivity index (χ4v) is 6.70. The van der Waals surface area contributed by atoms with Crippen molar-refractivity contribution in [3.8, 4) is 83.2 Å². The molecule has 0 fully saturated rings. The molecular formula is C36H35NO6S2. The Morgan fingerprint density at radius 1 is 0.578 bits per heavy atom. The molecular weight excluding hydrogens is 607 g/mol. The van der Waals surface area contributed by atoms with E-state index in [2.05, 4.69) is 72.2 Å². The molecule has 0 atom stereocenters. The van der Waals surface area contributed by atoms with Crippen molar-refractivity contribution in [3.05, 3.63) is 48.5 Å². The molecule has 0 amide bonds. The molecule has 0 bridgehead atoms. The van der Waals surface area contributed by atoms with Gasteiger partial charge < -0.3 is 9.47 Å². The van der Waals surface area contributed by atoms with Gasteiger partial charge >= 0.3 is 0 Å². The van der Waals surface area contributed by atoms with E-state index in [-0.39, 0.29) is 15.5 Å². The van der Waals surface area contributed by atoms with Gasteiger partial charge in [-0.2, -0.15) is 0 Å². The minimum Gasteiger partial charge on any atom is -0.494 e. The summed E-state index contributed by atoms with van der Waals surface area (Å²) in [4.78, 5) is -0.478. The van der Waals surface area contributed by atoms with Crippen molar-refractivity contribution < 1.29 is 26.3 Å². The standard InChI is InChI=1S/C36H35NO6S2/c1-3-5-7-9-11-13-15-17-19-21-31-42-33-23-27-35(28-24-33)44(38,39)37-45(40,41)36-29-25-34(26-30-36)43-32-22-20-18-16-14-12-10-8-6-4-2/h1,23-30,37H,4,6,8,10,12,14,16,18,20,22,32H2,2H3. The smallest absolute Gasteiger partial charge is 0.253 e. The first-order chi connectivity index (χ1) is 21.8. The zero-order valence-corrected chi connectivity index (χ0v) is 26.9. The number of ether oxygens (including phenoxy) is 2. The van der Waals surface area contributed by atoms with Crippen LogP contribution in [0.5, 0.6) is 11.5 Å². The fourth-order valence-electron chi connectivity index (χ4n) is 3.79. The summed E-state index contributed by atoms with van der Waals surface area (Å²) >= 11 is 0. The van der Waals surface area contributed by atoms with Crippen LogP contribution in [-0.2, 0) is 20.0 Å². The van der Waals surface area contributed by atoms with E-state index >= 15 is 0 Å². The number of hydrogen-bond donors (Lipinski definition) is 1. The van der Waals surface area contributed by atoms with Crippen molar-refractivity contribution in [2.75, 3.05) is 6.61 Å². The van der Waals surface area contributed by atoms with Crippen LogP contribution in [0.3, 0.4) is 0 Å². The number of rotatable bonds is 17. The van der Waals surface area contributed by atoms with E-state index in [1.54, 1.807) is 4.13 Å². The van der Waals surface area contributed by atoms with Crippen molar-refractivity contribution in [2.45, 2.75) is 80.9 Å². The van der Waals surface area contributed by atoms with E-state index in [0.29, 0.717) is 12.4 Å². The van der Waals surface area contributed by atoms with Gasteiger partial charge in [0, 0.05) is 29.6 Å². The maximum atomic E-state index is 12.8. The molecule has 2 rings (SSSR count). The lowest BCUT2D eigenvalue weighted by atomic mass is 10.1. The highest BCUT2D eigenvalue weighted by Crippen LogP contribution is 2.20. The van der Waals surface area contributed by atoms with Crippen LogP contribution in [0.4, 0.5) is 0 Å². The molecule has 0 aromatic heterocycles. The summed E-state index contributed by atoms with van der Waals surface area (Å²) in [5, 5.41) is 0. The minimum absolute atomic E-state index is 0.206. The highest BCUT2D eigenvalue weighted by Gasteiger charge is 2.24. The van der Waals surface area contributed by atoms with Crippen LogP contribution in [0.2, 0.25) is 0 Å². The van der Waals surface area contributed by atoms with Gasteiger partial charge in [-0.25, -0.2) is 16.8 Å². The van der Waals surface area contributed by atoms with Crippen molar-refractivity contribution in [1.29, 1.82) is 0 Å². The lowest BCUT2D eigenvalue weighted by molar-refractivity contribution is 0.304. The molecule has 0 spiro atoms. The predicted molar refractivity (Wildman–Crippen MR) is 176 cm³/mol. The number of unbranched alkanes of at least 4 members (excludes halogenated alkanes) is 9. The fraction of sp³-hybridized carbons (Fsp3) is 0.333.